The van der Waals surface area contributed by atoms with E-state index >= 15 is 0 Å². The first kappa shape index (κ1) is 10.3. The average Bonchev–Trinajstić information content (AvgIpc) is 2.56. The first-order valence-corrected chi connectivity index (χ1v) is 6.04. The maximum atomic E-state index is 3.98. The van der Waals surface area contributed by atoms with Gasteiger partial charge in [0.15, 0.2) is 3.92 Å². The van der Waals surface area contributed by atoms with Gasteiger partial charge in [0.1, 0.15) is 0 Å². The van der Waals surface area contributed by atoms with Crippen LogP contribution in [0.3, 0.4) is 0 Å². The Bertz CT molecular complexity index is 296. The fraction of sp³-hybridized carbons (Fsp3) is 0.714. The quantitative estimate of drug-likeness (QED) is 0.870. The molecule has 7 heteroatoms. The van der Waals surface area contributed by atoms with E-state index in [1.165, 1.54) is 11.3 Å². The van der Waals surface area contributed by atoms with Crippen LogP contribution in [0.4, 0.5) is 5.13 Å². The number of hydrogen-bond donors (Lipinski definition) is 1. The minimum atomic E-state index is 0.814. The van der Waals surface area contributed by atoms with Crippen LogP contribution >= 0.6 is 27.3 Å². The van der Waals surface area contributed by atoms with Crippen molar-refractivity contribution in [3.8, 4) is 0 Å². The zero-order valence-electron chi connectivity index (χ0n) is 7.90. The second-order valence-corrected chi connectivity index (χ2v) is 5.52. The topological polar surface area (TPSA) is 44.3 Å². The highest BCUT2D eigenvalue weighted by atomic mass is 79.9. The van der Waals surface area contributed by atoms with E-state index in [1.54, 1.807) is 0 Å². The Morgan fingerprint density at radius 2 is 2.00 bits per heavy atom. The van der Waals surface area contributed by atoms with Crippen LogP contribution in [-0.2, 0) is 0 Å². The Morgan fingerprint density at radius 1 is 1.29 bits per heavy atom. The van der Waals surface area contributed by atoms with E-state index in [-0.39, 0.29) is 0 Å². The van der Waals surface area contributed by atoms with Gasteiger partial charge in [0, 0.05) is 26.2 Å². The predicted molar refractivity (Wildman–Crippen MR) is 60.3 cm³/mol. The molecule has 1 N–H and O–H groups in total. The van der Waals surface area contributed by atoms with Crippen LogP contribution in [0.1, 0.15) is 0 Å². The first-order valence-electron chi connectivity index (χ1n) is 4.43. The van der Waals surface area contributed by atoms with Crippen molar-refractivity contribution in [2.45, 2.75) is 0 Å². The highest BCUT2D eigenvalue weighted by molar-refractivity contribution is 9.11. The van der Waals surface area contributed by atoms with Gasteiger partial charge >= 0.3 is 0 Å². The number of likely N-dealkylation sites (N-methyl/N-ethyl adjacent to an activating group) is 1. The van der Waals surface area contributed by atoms with Crippen molar-refractivity contribution in [1.82, 2.24) is 20.1 Å². The Morgan fingerprint density at radius 3 is 2.57 bits per heavy atom. The van der Waals surface area contributed by atoms with Gasteiger partial charge in [-0.3, -0.25) is 5.43 Å². The number of hydrogen-bond acceptors (Lipinski definition) is 6. The molecule has 1 saturated heterocycles. The summed E-state index contributed by atoms with van der Waals surface area (Å²) in [5.41, 5.74) is 3.24. The molecule has 78 valence electrons. The molecule has 1 aromatic rings. The standard InChI is InChI=1S/C7H12BrN5S/c1-12-2-4-13(5-3-12)11-7-10-9-6(8)14-7/h2-5H2,1H3,(H,10,11). The largest absolute Gasteiger partial charge is 0.304 e. The van der Waals surface area contributed by atoms with Crippen molar-refractivity contribution in [2.75, 3.05) is 38.7 Å². The number of nitrogens with zero attached hydrogens (tertiary/aromatic N) is 4. The Labute approximate surface area is 95.2 Å². The third kappa shape index (κ3) is 2.63. The fourth-order valence-corrected chi connectivity index (χ4v) is 2.34. The molecule has 0 atom stereocenters. The monoisotopic (exact) mass is 277 g/mol. The van der Waals surface area contributed by atoms with Crippen molar-refractivity contribution in [3.63, 3.8) is 0 Å². The second kappa shape index (κ2) is 4.52. The Hall–Kier alpha value is -0.240. The minimum absolute atomic E-state index is 0.814. The van der Waals surface area contributed by atoms with Gasteiger partial charge in [0.25, 0.3) is 0 Å². The normalized spacial score (nSPS) is 19.9. The van der Waals surface area contributed by atoms with Gasteiger partial charge in [-0.15, -0.1) is 10.2 Å². The molecule has 0 amide bonds. The molecule has 0 aromatic carbocycles. The third-order valence-corrected chi connectivity index (χ3v) is 3.42. The highest BCUT2D eigenvalue weighted by Gasteiger charge is 2.14. The Kier molecular flexibility index (Phi) is 3.32. The summed E-state index contributed by atoms with van der Waals surface area (Å²) in [5, 5.41) is 10.9. The zero-order chi connectivity index (χ0) is 9.97. The molecule has 2 heterocycles. The fourth-order valence-electron chi connectivity index (χ4n) is 1.30. The highest BCUT2D eigenvalue weighted by Crippen LogP contribution is 2.20. The predicted octanol–water partition coefficient (Wildman–Crippen LogP) is 0.875. The molecule has 5 nitrogen and oxygen atoms in total. The lowest BCUT2D eigenvalue weighted by atomic mass is 10.4. The van der Waals surface area contributed by atoms with Crippen LogP contribution in [0.25, 0.3) is 0 Å². The van der Waals surface area contributed by atoms with Gasteiger partial charge in [-0.05, 0) is 23.0 Å². The number of anilines is 1. The van der Waals surface area contributed by atoms with Gasteiger partial charge in [-0.25, -0.2) is 5.01 Å². The van der Waals surface area contributed by atoms with Gasteiger partial charge < -0.3 is 4.90 Å². The van der Waals surface area contributed by atoms with Crippen molar-refractivity contribution in [2.24, 2.45) is 0 Å². The molecule has 0 unspecified atom stereocenters. The van der Waals surface area contributed by atoms with Crippen LogP contribution in [-0.4, -0.2) is 53.3 Å². The summed E-state index contributed by atoms with van der Waals surface area (Å²) in [6, 6.07) is 0. The Balaban J connectivity index is 1.86. The number of rotatable bonds is 2. The van der Waals surface area contributed by atoms with E-state index in [0.717, 1.165) is 35.2 Å². The summed E-state index contributed by atoms with van der Waals surface area (Å²) in [6.45, 7) is 4.22. The van der Waals surface area contributed by atoms with Gasteiger partial charge in [-0.1, -0.05) is 11.3 Å². The van der Waals surface area contributed by atoms with Gasteiger partial charge in [-0.2, -0.15) is 0 Å². The zero-order valence-corrected chi connectivity index (χ0v) is 10.3. The van der Waals surface area contributed by atoms with E-state index in [9.17, 15) is 0 Å². The molecule has 0 spiro atoms. The number of aromatic nitrogens is 2. The van der Waals surface area contributed by atoms with Crippen LogP contribution < -0.4 is 5.43 Å². The molecule has 0 aliphatic carbocycles. The van der Waals surface area contributed by atoms with E-state index in [4.69, 9.17) is 0 Å². The molecule has 0 radical (unpaired) electrons. The van der Waals surface area contributed by atoms with Crippen LogP contribution in [0.15, 0.2) is 3.92 Å². The van der Waals surface area contributed by atoms with Crippen LogP contribution in [0.2, 0.25) is 0 Å². The molecule has 2 rings (SSSR count). The summed E-state index contributed by atoms with van der Waals surface area (Å²) in [5.74, 6) is 0. The van der Waals surface area contributed by atoms with Crippen LogP contribution in [0, 0.1) is 0 Å². The summed E-state index contributed by atoms with van der Waals surface area (Å²) in [6.07, 6.45) is 0. The number of nitrogens with one attached hydrogen (secondary N) is 1. The molecule has 0 bridgehead atoms. The maximum absolute atomic E-state index is 3.98. The van der Waals surface area contributed by atoms with E-state index in [0.29, 0.717) is 0 Å². The summed E-state index contributed by atoms with van der Waals surface area (Å²) in [4.78, 5) is 2.31. The SMILES string of the molecule is CN1CCN(Nc2nnc(Br)s2)CC1. The molecule has 1 aliphatic heterocycles. The van der Waals surface area contributed by atoms with Crippen molar-refractivity contribution in [3.05, 3.63) is 3.92 Å². The lowest BCUT2D eigenvalue weighted by molar-refractivity contribution is 0.179. The second-order valence-electron chi connectivity index (χ2n) is 3.26. The molecule has 14 heavy (non-hydrogen) atoms. The van der Waals surface area contributed by atoms with Gasteiger partial charge in [0.2, 0.25) is 5.13 Å². The summed E-state index contributed by atoms with van der Waals surface area (Å²) < 4.78 is 0.814. The molecule has 1 fully saturated rings. The van der Waals surface area contributed by atoms with Crippen LogP contribution in [0.5, 0.6) is 0 Å². The average molecular weight is 278 g/mol. The smallest absolute Gasteiger partial charge is 0.220 e. The lowest BCUT2D eigenvalue weighted by Gasteiger charge is -2.31. The van der Waals surface area contributed by atoms with E-state index in [1.807, 2.05) is 0 Å². The molecule has 0 saturated carbocycles. The lowest BCUT2D eigenvalue weighted by Crippen LogP contribution is -2.46. The minimum Gasteiger partial charge on any atom is -0.304 e. The number of halogens is 1. The number of hydrazine groups is 1. The summed E-state index contributed by atoms with van der Waals surface area (Å²) >= 11 is 4.79. The number of piperazine rings is 1. The molecule has 1 aromatic heterocycles. The maximum Gasteiger partial charge on any atom is 0.220 e. The van der Waals surface area contributed by atoms with Gasteiger partial charge in [0.05, 0.1) is 0 Å². The molecular formula is C7H12BrN5S. The van der Waals surface area contributed by atoms with Crippen molar-refractivity contribution < 1.29 is 0 Å². The summed E-state index contributed by atoms with van der Waals surface area (Å²) in [7, 11) is 2.14. The van der Waals surface area contributed by atoms with Crippen molar-refractivity contribution in [1.29, 1.82) is 0 Å². The van der Waals surface area contributed by atoms with Crippen molar-refractivity contribution >= 4 is 32.4 Å². The molecule has 1 aliphatic rings. The first-order chi connectivity index (χ1) is 6.74. The molecular weight excluding hydrogens is 266 g/mol. The van der Waals surface area contributed by atoms with E-state index < -0.39 is 0 Å². The van der Waals surface area contributed by atoms with E-state index in [2.05, 4.69) is 48.5 Å². The third-order valence-electron chi connectivity index (χ3n) is 2.16.